The summed E-state index contributed by atoms with van der Waals surface area (Å²) < 4.78 is 0. The molecule has 0 bridgehead atoms. The van der Waals surface area contributed by atoms with Crippen molar-refractivity contribution in [3.63, 3.8) is 0 Å². The Hall–Kier alpha value is -3.87. The molecule has 3 aromatic heterocycles. The largest absolute Gasteiger partial charge is 0.370 e. The van der Waals surface area contributed by atoms with Gasteiger partial charge in [-0.05, 0) is 42.5 Å². The summed E-state index contributed by atoms with van der Waals surface area (Å²) in [7, 11) is 1.63. The van der Waals surface area contributed by atoms with E-state index in [1.54, 1.807) is 25.6 Å². The summed E-state index contributed by atoms with van der Waals surface area (Å²) in [6.07, 6.45) is 6.82. The average molecular weight is 441 g/mol. The second kappa shape index (κ2) is 10.2. The van der Waals surface area contributed by atoms with Gasteiger partial charge in [-0.2, -0.15) is 0 Å². The Morgan fingerprint density at radius 3 is 2.67 bits per heavy atom. The Bertz CT molecular complexity index is 1250. The quantitative estimate of drug-likeness (QED) is 0.424. The SMILES string of the molecule is CNC(=O)c1ccnc2c(CCNc3cc(-c4ccc(CC(C)C)nc4)ncn3)cccc12. The van der Waals surface area contributed by atoms with Gasteiger partial charge < -0.3 is 10.6 Å². The number of benzene rings is 1. The van der Waals surface area contributed by atoms with Crippen LogP contribution in [0.1, 0.15) is 35.5 Å². The van der Waals surface area contributed by atoms with Gasteiger partial charge in [0.25, 0.3) is 5.91 Å². The molecular weight excluding hydrogens is 412 g/mol. The Morgan fingerprint density at radius 1 is 1.03 bits per heavy atom. The third kappa shape index (κ3) is 5.31. The first-order valence-corrected chi connectivity index (χ1v) is 11.1. The molecule has 1 amide bonds. The molecule has 0 aliphatic heterocycles. The van der Waals surface area contributed by atoms with Crippen LogP contribution in [-0.4, -0.2) is 39.4 Å². The lowest BCUT2D eigenvalue weighted by atomic mass is 10.0. The lowest BCUT2D eigenvalue weighted by Crippen LogP contribution is -2.18. The van der Waals surface area contributed by atoms with Gasteiger partial charge >= 0.3 is 0 Å². The molecule has 0 saturated heterocycles. The summed E-state index contributed by atoms with van der Waals surface area (Å²) in [5.74, 6) is 1.22. The van der Waals surface area contributed by atoms with Crippen LogP contribution in [0.2, 0.25) is 0 Å². The Labute approximate surface area is 193 Å². The number of rotatable bonds is 8. The van der Waals surface area contributed by atoms with Crippen molar-refractivity contribution >= 4 is 22.6 Å². The van der Waals surface area contributed by atoms with Gasteiger partial charge in [-0.1, -0.05) is 32.0 Å². The van der Waals surface area contributed by atoms with E-state index in [2.05, 4.69) is 56.5 Å². The number of hydrogen-bond acceptors (Lipinski definition) is 6. The number of aromatic nitrogens is 4. The molecule has 2 N–H and O–H groups in total. The standard InChI is InChI=1S/C26H28N6O/c1-17(2)13-20-8-7-19(15-30-20)23-14-24(32-16-31-23)28-11-9-18-5-4-6-21-22(26(33)27-3)10-12-29-25(18)21/h4-8,10,12,14-17H,9,11,13H2,1-3H3,(H,27,33)(H,28,31,32). The second-order valence-electron chi connectivity index (χ2n) is 8.35. The lowest BCUT2D eigenvalue weighted by Gasteiger charge is -2.10. The molecule has 7 nitrogen and oxygen atoms in total. The fourth-order valence-corrected chi connectivity index (χ4v) is 3.82. The van der Waals surface area contributed by atoms with E-state index >= 15 is 0 Å². The maximum Gasteiger partial charge on any atom is 0.251 e. The van der Waals surface area contributed by atoms with Crippen LogP contribution in [0.25, 0.3) is 22.2 Å². The third-order valence-electron chi connectivity index (χ3n) is 5.43. The minimum atomic E-state index is -0.113. The molecule has 0 spiro atoms. The van der Waals surface area contributed by atoms with Crippen molar-refractivity contribution in [1.82, 2.24) is 25.3 Å². The van der Waals surface area contributed by atoms with Crippen molar-refractivity contribution in [2.24, 2.45) is 5.92 Å². The normalized spacial score (nSPS) is 11.0. The van der Waals surface area contributed by atoms with Gasteiger partial charge in [0.1, 0.15) is 12.1 Å². The molecule has 0 aliphatic carbocycles. The number of pyridine rings is 2. The van der Waals surface area contributed by atoms with Gasteiger partial charge in [-0.3, -0.25) is 14.8 Å². The van der Waals surface area contributed by atoms with E-state index in [0.717, 1.165) is 52.1 Å². The molecule has 0 aliphatic rings. The zero-order chi connectivity index (χ0) is 23.2. The molecule has 168 valence electrons. The first kappa shape index (κ1) is 22.3. The minimum Gasteiger partial charge on any atom is -0.370 e. The maximum absolute atomic E-state index is 12.2. The van der Waals surface area contributed by atoms with Gasteiger partial charge in [0.05, 0.1) is 16.8 Å². The summed E-state index contributed by atoms with van der Waals surface area (Å²) >= 11 is 0. The number of amides is 1. The maximum atomic E-state index is 12.2. The van der Waals surface area contributed by atoms with Crippen LogP contribution in [0.15, 0.2) is 61.2 Å². The lowest BCUT2D eigenvalue weighted by molar-refractivity contribution is 0.0964. The molecule has 7 heteroatoms. The van der Waals surface area contributed by atoms with E-state index in [-0.39, 0.29) is 5.91 Å². The van der Waals surface area contributed by atoms with E-state index in [9.17, 15) is 4.79 Å². The van der Waals surface area contributed by atoms with Crippen molar-refractivity contribution < 1.29 is 4.79 Å². The Kier molecular flexibility index (Phi) is 6.88. The van der Waals surface area contributed by atoms with Crippen LogP contribution < -0.4 is 10.6 Å². The average Bonchev–Trinajstić information content (AvgIpc) is 2.83. The van der Waals surface area contributed by atoms with Crippen LogP contribution in [0.4, 0.5) is 5.82 Å². The van der Waals surface area contributed by atoms with Gasteiger partial charge in [0.2, 0.25) is 0 Å². The number of anilines is 1. The summed E-state index contributed by atoms with van der Waals surface area (Å²) in [4.78, 5) is 30.0. The Balaban J connectivity index is 1.45. The van der Waals surface area contributed by atoms with Crippen LogP contribution in [0.5, 0.6) is 0 Å². The highest BCUT2D eigenvalue weighted by Crippen LogP contribution is 2.22. The summed E-state index contributed by atoms with van der Waals surface area (Å²) in [6, 6.07) is 13.7. The topological polar surface area (TPSA) is 92.7 Å². The van der Waals surface area contributed by atoms with Crippen LogP contribution in [-0.2, 0) is 12.8 Å². The highest BCUT2D eigenvalue weighted by atomic mass is 16.1. The summed E-state index contributed by atoms with van der Waals surface area (Å²) in [5, 5.41) is 6.92. The molecule has 1 aromatic carbocycles. The third-order valence-corrected chi connectivity index (χ3v) is 5.43. The van der Waals surface area contributed by atoms with E-state index in [4.69, 9.17) is 0 Å². The molecule has 4 rings (SSSR count). The van der Waals surface area contributed by atoms with E-state index in [0.29, 0.717) is 18.0 Å². The molecule has 0 radical (unpaired) electrons. The number of nitrogens with zero attached hydrogens (tertiary/aromatic N) is 4. The minimum absolute atomic E-state index is 0.113. The van der Waals surface area contributed by atoms with Gasteiger partial charge in [-0.15, -0.1) is 0 Å². The van der Waals surface area contributed by atoms with Crippen LogP contribution in [0.3, 0.4) is 0 Å². The second-order valence-corrected chi connectivity index (χ2v) is 8.35. The number of carbonyl (C=O) groups excluding carboxylic acids is 1. The molecule has 0 fully saturated rings. The Morgan fingerprint density at radius 2 is 1.91 bits per heavy atom. The highest BCUT2D eigenvalue weighted by Gasteiger charge is 2.11. The highest BCUT2D eigenvalue weighted by molar-refractivity contribution is 6.06. The zero-order valence-corrected chi connectivity index (χ0v) is 19.2. The number of para-hydroxylation sites is 1. The summed E-state index contributed by atoms with van der Waals surface area (Å²) in [6.45, 7) is 5.05. The molecule has 33 heavy (non-hydrogen) atoms. The first-order chi connectivity index (χ1) is 16.0. The van der Waals surface area contributed by atoms with Gasteiger partial charge in [0, 0.05) is 48.7 Å². The molecule has 3 heterocycles. The number of fused-ring (bicyclic) bond motifs is 1. The van der Waals surface area contributed by atoms with Gasteiger partial charge in [-0.25, -0.2) is 9.97 Å². The van der Waals surface area contributed by atoms with Crippen LogP contribution in [0, 0.1) is 5.92 Å². The van der Waals surface area contributed by atoms with Crippen molar-refractivity contribution in [2.45, 2.75) is 26.7 Å². The van der Waals surface area contributed by atoms with Crippen molar-refractivity contribution in [1.29, 1.82) is 0 Å². The molecule has 4 aromatic rings. The summed E-state index contributed by atoms with van der Waals surface area (Å²) in [5.41, 5.74) is 5.43. The van der Waals surface area contributed by atoms with Crippen molar-refractivity contribution in [2.75, 3.05) is 18.9 Å². The fraction of sp³-hybridized carbons (Fsp3) is 0.269. The van der Waals surface area contributed by atoms with Crippen molar-refractivity contribution in [3.8, 4) is 11.3 Å². The molecular formula is C26H28N6O. The predicted octanol–water partition coefficient (Wildman–Crippen LogP) is 4.30. The van der Waals surface area contributed by atoms with Crippen LogP contribution >= 0.6 is 0 Å². The van der Waals surface area contributed by atoms with Crippen molar-refractivity contribution in [3.05, 3.63) is 78.0 Å². The van der Waals surface area contributed by atoms with E-state index in [1.165, 1.54) is 0 Å². The number of carbonyl (C=O) groups is 1. The van der Waals surface area contributed by atoms with E-state index in [1.807, 2.05) is 30.5 Å². The number of nitrogens with one attached hydrogen (secondary N) is 2. The predicted molar refractivity (Wildman–Crippen MR) is 131 cm³/mol. The first-order valence-electron chi connectivity index (χ1n) is 11.1. The molecule has 0 unspecified atom stereocenters. The zero-order valence-electron chi connectivity index (χ0n) is 19.2. The van der Waals surface area contributed by atoms with Gasteiger partial charge in [0.15, 0.2) is 0 Å². The molecule has 0 saturated carbocycles. The number of hydrogen-bond donors (Lipinski definition) is 2. The van der Waals surface area contributed by atoms with E-state index < -0.39 is 0 Å². The smallest absolute Gasteiger partial charge is 0.251 e. The monoisotopic (exact) mass is 440 g/mol. The molecule has 0 atom stereocenters. The fourth-order valence-electron chi connectivity index (χ4n) is 3.82.